The highest BCUT2D eigenvalue weighted by molar-refractivity contribution is 5.80. The number of amides is 1. The molecule has 0 aromatic heterocycles. The molecule has 0 saturated carbocycles. The third kappa shape index (κ3) is 21.7. The molecule has 0 aliphatic carbocycles. The molecule has 4 atom stereocenters. The second-order valence-corrected chi connectivity index (χ2v) is 10.8. The van der Waals surface area contributed by atoms with Gasteiger partial charge in [0.1, 0.15) is 12.2 Å². The molecule has 0 aliphatic rings. The van der Waals surface area contributed by atoms with E-state index in [-0.39, 0.29) is 0 Å². The summed E-state index contributed by atoms with van der Waals surface area (Å²) in [6, 6.07) is -1.000. The molecule has 0 saturated heterocycles. The predicted octanol–water partition coefficient (Wildman–Crippen LogP) is 6.50. The average Bonchev–Trinajstić information content (AvgIpc) is 2.92. The topological polar surface area (TPSA) is 110 Å². The molecule has 6 heteroatoms. The van der Waals surface area contributed by atoms with E-state index in [1.54, 1.807) is 0 Å². The van der Waals surface area contributed by atoms with E-state index >= 15 is 0 Å². The van der Waals surface area contributed by atoms with E-state index in [0.29, 0.717) is 19.3 Å². The van der Waals surface area contributed by atoms with Gasteiger partial charge < -0.3 is 25.7 Å². The Morgan fingerprint density at radius 3 is 1.66 bits per heavy atom. The number of allylic oxidation sites excluding steroid dienone is 4. The summed E-state index contributed by atoms with van der Waals surface area (Å²) in [5.74, 6) is -0.609. The van der Waals surface area contributed by atoms with E-state index in [9.17, 15) is 25.2 Å². The van der Waals surface area contributed by atoms with Crippen molar-refractivity contribution in [2.24, 2.45) is 0 Å². The average molecular weight is 540 g/mol. The lowest BCUT2D eigenvalue weighted by Crippen LogP contribution is -2.53. The third-order valence-corrected chi connectivity index (χ3v) is 7.13. The maximum Gasteiger partial charge on any atom is 0.249 e. The maximum absolute atomic E-state index is 12.3. The Labute approximate surface area is 234 Å². The van der Waals surface area contributed by atoms with Gasteiger partial charge in [-0.3, -0.25) is 4.79 Å². The first-order valence-electron chi connectivity index (χ1n) is 15.7. The Morgan fingerprint density at radius 2 is 1.11 bits per heavy atom. The summed E-state index contributed by atoms with van der Waals surface area (Å²) >= 11 is 0. The highest BCUT2D eigenvalue weighted by atomic mass is 16.3. The van der Waals surface area contributed by atoms with E-state index in [1.165, 1.54) is 57.8 Å². The van der Waals surface area contributed by atoms with Crippen LogP contribution in [0.5, 0.6) is 0 Å². The number of hydrogen-bond acceptors (Lipinski definition) is 5. The fourth-order valence-electron chi connectivity index (χ4n) is 4.50. The molecule has 0 aliphatic heterocycles. The first-order valence-corrected chi connectivity index (χ1v) is 15.7. The van der Waals surface area contributed by atoms with Gasteiger partial charge in [-0.05, 0) is 57.8 Å². The first kappa shape index (κ1) is 36.8. The van der Waals surface area contributed by atoms with Crippen molar-refractivity contribution in [3.63, 3.8) is 0 Å². The summed E-state index contributed by atoms with van der Waals surface area (Å²) in [4.78, 5) is 12.3. The minimum absolute atomic E-state index is 0.348. The normalized spacial score (nSPS) is 15.2. The molecule has 224 valence electrons. The largest absolute Gasteiger partial charge is 0.394 e. The molecule has 0 spiro atoms. The van der Waals surface area contributed by atoms with Gasteiger partial charge in [-0.1, -0.05) is 109 Å². The summed E-state index contributed by atoms with van der Waals surface area (Å²) in [7, 11) is 0. The molecule has 0 rings (SSSR count). The second-order valence-electron chi connectivity index (χ2n) is 10.8. The van der Waals surface area contributed by atoms with Gasteiger partial charge in [0, 0.05) is 0 Å². The van der Waals surface area contributed by atoms with Crippen molar-refractivity contribution in [3.05, 3.63) is 24.3 Å². The van der Waals surface area contributed by atoms with E-state index < -0.39 is 36.9 Å². The Balaban J connectivity index is 3.90. The Morgan fingerprint density at radius 1 is 0.632 bits per heavy atom. The van der Waals surface area contributed by atoms with Crippen molar-refractivity contribution in [3.8, 4) is 0 Å². The number of carbonyl (C=O) groups is 1. The zero-order valence-corrected chi connectivity index (χ0v) is 24.7. The molecule has 4 unspecified atom stereocenters. The molecule has 0 aromatic carbocycles. The van der Waals surface area contributed by atoms with Gasteiger partial charge in [0.05, 0.1) is 18.8 Å². The molecule has 0 fully saturated rings. The van der Waals surface area contributed by atoms with Crippen LogP contribution in [-0.4, -0.2) is 57.3 Å². The van der Waals surface area contributed by atoms with E-state index in [4.69, 9.17) is 0 Å². The summed E-state index contributed by atoms with van der Waals surface area (Å²) in [6.45, 7) is 3.90. The van der Waals surface area contributed by atoms with Gasteiger partial charge in [-0.25, -0.2) is 0 Å². The standard InChI is InChI=1S/C32H61NO5/c1-3-5-7-9-11-12-13-14-15-16-17-18-20-22-24-26-30(36)32(38)33-28(27-34)31(37)29(35)25-23-21-19-10-8-6-4-2/h10,15-16,19,28-31,34-37H,3-9,11-14,17-18,20-27H2,1-2H3,(H,33,38)/b16-15-,19-10+. The van der Waals surface area contributed by atoms with Crippen LogP contribution < -0.4 is 5.32 Å². The lowest BCUT2D eigenvalue weighted by Gasteiger charge is -2.27. The highest BCUT2D eigenvalue weighted by Gasteiger charge is 2.28. The first-order chi connectivity index (χ1) is 18.5. The zero-order chi connectivity index (χ0) is 28.3. The Kier molecular flexibility index (Phi) is 26.5. The van der Waals surface area contributed by atoms with Crippen LogP contribution >= 0.6 is 0 Å². The van der Waals surface area contributed by atoms with Gasteiger partial charge >= 0.3 is 0 Å². The van der Waals surface area contributed by atoms with Crippen molar-refractivity contribution >= 4 is 5.91 Å². The van der Waals surface area contributed by atoms with E-state index in [0.717, 1.165) is 51.4 Å². The van der Waals surface area contributed by atoms with Crippen molar-refractivity contribution in [2.45, 2.75) is 167 Å². The third-order valence-electron chi connectivity index (χ3n) is 7.13. The number of rotatable bonds is 27. The van der Waals surface area contributed by atoms with Crippen LogP contribution in [0.1, 0.15) is 142 Å². The molecule has 0 heterocycles. The van der Waals surface area contributed by atoms with Gasteiger partial charge in [0.25, 0.3) is 0 Å². The maximum atomic E-state index is 12.3. The fourth-order valence-corrected chi connectivity index (χ4v) is 4.50. The van der Waals surface area contributed by atoms with Crippen LogP contribution in [0.3, 0.4) is 0 Å². The monoisotopic (exact) mass is 539 g/mol. The SMILES string of the molecule is CCCC/C=C/CCCC(O)C(O)C(CO)NC(=O)C(O)CCCCCC/C=C\CCCCCCCCC. The number of hydrogen-bond donors (Lipinski definition) is 5. The lowest BCUT2D eigenvalue weighted by molar-refractivity contribution is -0.132. The Hall–Kier alpha value is -1.21. The number of carbonyl (C=O) groups excluding carboxylic acids is 1. The molecule has 38 heavy (non-hydrogen) atoms. The number of aliphatic hydroxyl groups excluding tert-OH is 4. The highest BCUT2D eigenvalue weighted by Crippen LogP contribution is 2.12. The van der Waals surface area contributed by atoms with Crippen LogP contribution in [0.25, 0.3) is 0 Å². The molecule has 0 radical (unpaired) electrons. The van der Waals surface area contributed by atoms with Gasteiger partial charge in [0.2, 0.25) is 5.91 Å². The summed E-state index contributed by atoms with van der Waals surface area (Å²) in [6.07, 6.45) is 26.5. The zero-order valence-electron chi connectivity index (χ0n) is 24.7. The van der Waals surface area contributed by atoms with Crippen molar-refractivity contribution in [1.29, 1.82) is 0 Å². The van der Waals surface area contributed by atoms with E-state index in [1.807, 2.05) is 0 Å². The second kappa shape index (κ2) is 27.4. The predicted molar refractivity (Wildman–Crippen MR) is 159 cm³/mol. The number of aliphatic hydroxyl groups is 4. The van der Waals surface area contributed by atoms with Gasteiger partial charge in [-0.15, -0.1) is 0 Å². The minimum Gasteiger partial charge on any atom is -0.394 e. The van der Waals surface area contributed by atoms with Crippen molar-refractivity contribution in [1.82, 2.24) is 5.32 Å². The van der Waals surface area contributed by atoms with Gasteiger partial charge in [-0.2, -0.15) is 0 Å². The van der Waals surface area contributed by atoms with Crippen LogP contribution in [0.2, 0.25) is 0 Å². The number of nitrogens with one attached hydrogen (secondary N) is 1. The van der Waals surface area contributed by atoms with Crippen LogP contribution in [-0.2, 0) is 4.79 Å². The molecule has 0 bridgehead atoms. The molecular weight excluding hydrogens is 478 g/mol. The van der Waals surface area contributed by atoms with Crippen LogP contribution in [0.15, 0.2) is 24.3 Å². The Bertz CT molecular complexity index is 580. The smallest absolute Gasteiger partial charge is 0.249 e. The van der Waals surface area contributed by atoms with Crippen LogP contribution in [0.4, 0.5) is 0 Å². The summed E-state index contributed by atoms with van der Waals surface area (Å²) in [5.41, 5.74) is 0. The minimum atomic E-state index is -1.28. The quantitative estimate of drug-likeness (QED) is 0.0604. The molecular formula is C32H61NO5. The molecule has 0 aromatic rings. The molecule has 6 nitrogen and oxygen atoms in total. The number of unbranched alkanes of at least 4 members (excludes halogenated alkanes) is 14. The molecule has 1 amide bonds. The van der Waals surface area contributed by atoms with Gasteiger partial charge in [0.15, 0.2) is 0 Å². The van der Waals surface area contributed by atoms with Crippen LogP contribution in [0, 0.1) is 0 Å². The van der Waals surface area contributed by atoms with Crippen molar-refractivity contribution in [2.75, 3.05) is 6.61 Å². The summed E-state index contributed by atoms with van der Waals surface area (Å²) < 4.78 is 0. The van der Waals surface area contributed by atoms with E-state index in [2.05, 4.69) is 43.5 Å². The molecule has 5 N–H and O–H groups in total. The lowest BCUT2D eigenvalue weighted by atomic mass is 10.00. The fraction of sp³-hybridized carbons (Fsp3) is 0.844. The van der Waals surface area contributed by atoms with Crippen molar-refractivity contribution < 1.29 is 25.2 Å². The summed E-state index contributed by atoms with van der Waals surface area (Å²) in [5, 5.41) is 42.9.